The molecule has 1 aliphatic heterocycles. The molecular formula is C86H62N2. The van der Waals surface area contributed by atoms with Crippen LogP contribution in [-0.2, 0) is 10.8 Å². The molecule has 1 atom stereocenters. The molecule has 1 unspecified atom stereocenters. The Bertz CT molecular complexity index is 5250. The summed E-state index contributed by atoms with van der Waals surface area (Å²) in [6.07, 6.45) is 5.88. The molecule has 2 heteroatoms. The van der Waals surface area contributed by atoms with Crippen molar-refractivity contribution in [2.45, 2.75) is 51.0 Å². The van der Waals surface area contributed by atoms with Crippen molar-refractivity contribution in [1.29, 1.82) is 0 Å². The predicted molar refractivity (Wildman–Crippen MR) is 372 cm³/mol. The maximum atomic E-state index is 2.64. The molecule has 416 valence electrons. The molecule has 14 aromatic rings. The van der Waals surface area contributed by atoms with Crippen molar-refractivity contribution in [1.82, 2.24) is 4.57 Å². The lowest BCUT2D eigenvalue weighted by molar-refractivity contribution is 0.660. The Hall–Kier alpha value is -10.5. The molecule has 4 aliphatic rings. The van der Waals surface area contributed by atoms with Crippen molar-refractivity contribution in [3.05, 3.63) is 319 Å². The van der Waals surface area contributed by atoms with E-state index in [-0.39, 0.29) is 16.9 Å². The van der Waals surface area contributed by atoms with E-state index < -0.39 is 0 Å². The summed E-state index contributed by atoms with van der Waals surface area (Å²) in [6, 6.07) is 103. The minimum Gasteiger partial charge on any atom is -0.333 e. The van der Waals surface area contributed by atoms with Gasteiger partial charge in [0, 0.05) is 44.2 Å². The molecule has 0 radical (unpaired) electrons. The van der Waals surface area contributed by atoms with Gasteiger partial charge in [0.2, 0.25) is 0 Å². The quantitative estimate of drug-likeness (QED) is 0.154. The Kier molecular flexibility index (Phi) is 10.9. The summed E-state index contributed by atoms with van der Waals surface area (Å²) in [7, 11) is 0. The lowest BCUT2D eigenvalue weighted by Gasteiger charge is -2.30. The number of hydrogen-bond donors (Lipinski definition) is 0. The van der Waals surface area contributed by atoms with Crippen LogP contribution in [0.2, 0.25) is 0 Å². The second-order valence-corrected chi connectivity index (χ2v) is 26.0. The summed E-state index contributed by atoms with van der Waals surface area (Å²) in [5.41, 5.74) is 31.7. The molecule has 3 aliphatic carbocycles. The largest absolute Gasteiger partial charge is 0.333 e. The van der Waals surface area contributed by atoms with Crippen LogP contribution < -0.4 is 4.90 Å². The van der Waals surface area contributed by atoms with Gasteiger partial charge in [-0.25, -0.2) is 0 Å². The number of nitrogens with zero attached hydrogens (tertiary/aromatic N) is 2. The van der Waals surface area contributed by atoms with Gasteiger partial charge in [-0.3, -0.25) is 0 Å². The van der Waals surface area contributed by atoms with E-state index in [1.807, 2.05) is 0 Å². The van der Waals surface area contributed by atoms with Crippen LogP contribution in [0.25, 0.3) is 127 Å². The van der Waals surface area contributed by atoms with Crippen molar-refractivity contribution in [3.63, 3.8) is 0 Å². The molecule has 0 spiro atoms. The fourth-order valence-corrected chi connectivity index (χ4v) is 15.8. The zero-order valence-corrected chi connectivity index (χ0v) is 49.8. The standard InChI is InChI=1S/C86H62N2/c1-85(2)77-25-12-9-22-69(77)72-49-75-71-24-11-14-27-81(71)87(83(75)51-79(72)85)67-37-32-55(33-38-67)56-34-39-68(40-35-56)88-82-41-36-63(48-74(82)76-50-73-70-23-10-13-26-78(70)86(3,4)80(73)52-84(76)88)59-20-15-21-60(44-59)64-45-65(61-30-28-53-16-5-7-18-57(53)42-61)47-66(46-64)62-31-29-54-17-6-8-19-58(54)43-62/h5-40,42-52,82H,41H2,1-4H3. The minimum atomic E-state index is -0.129. The minimum absolute atomic E-state index is 0.0846. The summed E-state index contributed by atoms with van der Waals surface area (Å²) >= 11 is 0. The maximum Gasteiger partial charge on any atom is 0.0633 e. The van der Waals surface area contributed by atoms with Crippen LogP contribution in [-0.4, -0.2) is 10.6 Å². The first-order valence-electron chi connectivity index (χ1n) is 31.2. The third-order valence-electron chi connectivity index (χ3n) is 20.4. The first kappa shape index (κ1) is 50.8. The first-order chi connectivity index (χ1) is 43.1. The van der Waals surface area contributed by atoms with E-state index in [0.717, 1.165) is 6.42 Å². The van der Waals surface area contributed by atoms with Gasteiger partial charge in [-0.15, -0.1) is 0 Å². The van der Waals surface area contributed by atoms with E-state index in [1.54, 1.807) is 0 Å². The average Bonchev–Trinajstić information content (AvgIpc) is 1.60. The Labute approximate surface area is 514 Å². The molecular weight excluding hydrogens is 1060 g/mol. The van der Waals surface area contributed by atoms with Crippen LogP contribution in [0.4, 0.5) is 11.4 Å². The molecule has 0 saturated heterocycles. The van der Waals surface area contributed by atoms with Crippen LogP contribution in [0.3, 0.4) is 0 Å². The summed E-state index contributed by atoms with van der Waals surface area (Å²) in [6.45, 7) is 9.55. The molecule has 0 N–H and O–H groups in total. The van der Waals surface area contributed by atoms with E-state index >= 15 is 0 Å². The molecule has 0 bridgehead atoms. The Morgan fingerprint density at radius 1 is 0.318 bits per heavy atom. The van der Waals surface area contributed by atoms with Gasteiger partial charge in [0.05, 0.1) is 17.1 Å². The van der Waals surface area contributed by atoms with Crippen molar-refractivity contribution < 1.29 is 0 Å². The highest BCUT2D eigenvalue weighted by atomic mass is 15.2. The topological polar surface area (TPSA) is 8.17 Å². The summed E-state index contributed by atoms with van der Waals surface area (Å²) < 4.78 is 2.47. The van der Waals surface area contributed by atoms with E-state index in [0.29, 0.717) is 0 Å². The van der Waals surface area contributed by atoms with Crippen molar-refractivity contribution in [3.8, 4) is 72.4 Å². The van der Waals surface area contributed by atoms with E-state index in [4.69, 9.17) is 0 Å². The van der Waals surface area contributed by atoms with E-state index in [1.165, 1.54) is 172 Å². The van der Waals surface area contributed by atoms with Crippen molar-refractivity contribution in [2.24, 2.45) is 0 Å². The SMILES string of the molecule is CC1(C)c2ccccc2-c2cc3c(cc21)N(c1ccc(-c2ccc(-n4c5ccccc5c5cc6c(cc54)C(C)(C)c4ccccc4-6)cc2)cc1)C1CC=C(c2cccc(-c4cc(-c5ccc6ccccc6c5)cc(-c5ccc6ccccc6c5)c4)c2)C=C31. The highest BCUT2D eigenvalue weighted by Crippen LogP contribution is 2.57. The third-order valence-corrected chi connectivity index (χ3v) is 20.4. The zero-order valence-electron chi connectivity index (χ0n) is 49.8. The number of benzene rings is 13. The molecule has 2 heterocycles. The average molecular weight is 1120 g/mol. The lowest BCUT2D eigenvalue weighted by atomic mass is 9.82. The number of allylic oxidation sites excluding steroid dienone is 2. The van der Waals surface area contributed by atoms with Crippen molar-refractivity contribution >= 4 is 65.9 Å². The second kappa shape index (κ2) is 19.0. The van der Waals surface area contributed by atoms with Crippen LogP contribution in [0.15, 0.2) is 285 Å². The van der Waals surface area contributed by atoms with Crippen LogP contribution >= 0.6 is 0 Å². The second-order valence-electron chi connectivity index (χ2n) is 26.0. The predicted octanol–water partition coefficient (Wildman–Crippen LogP) is 22.8. The van der Waals surface area contributed by atoms with Crippen LogP contribution in [0.5, 0.6) is 0 Å². The first-order valence-corrected chi connectivity index (χ1v) is 31.2. The smallest absolute Gasteiger partial charge is 0.0633 e. The van der Waals surface area contributed by atoms with E-state index in [2.05, 4.69) is 322 Å². The fraction of sp³-hybridized carbons (Fsp3) is 0.0930. The zero-order chi connectivity index (χ0) is 58.6. The molecule has 1 aromatic heterocycles. The Morgan fingerprint density at radius 3 is 1.45 bits per heavy atom. The lowest BCUT2D eigenvalue weighted by Crippen LogP contribution is -2.27. The van der Waals surface area contributed by atoms with Gasteiger partial charge in [0.25, 0.3) is 0 Å². The van der Waals surface area contributed by atoms with Crippen LogP contribution in [0, 0.1) is 0 Å². The number of anilines is 2. The number of aromatic nitrogens is 1. The molecule has 13 aromatic carbocycles. The van der Waals surface area contributed by atoms with Gasteiger partial charge in [0.1, 0.15) is 0 Å². The fourth-order valence-electron chi connectivity index (χ4n) is 15.8. The summed E-state index contributed by atoms with van der Waals surface area (Å²) in [4.78, 5) is 2.64. The Morgan fingerprint density at radius 2 is 0.818 bits per heavy atom. The monoisotopic (exact) mass is 1120 g/mol. The van der Waals surface area contributed by atoms with Gasteiger partial charge in [-0.05, 0) is 231 Å². The normalized spacial score (nSPS) is 15.6. The molecule has 0 fully saturated rings. The van der Waals surface area contributed by atoms with Gasteiger partial charge < -0.3 is 9.47 Å². The summed E-state index contributed by atoms with van der Waals surface area (Å²) in [5, 5.41) is 7.56. The Balaban J connectivity index is 0.702. The van der Waals surface area contributed by atoms with E-state index in [9.17, 15) is 0 Å². The van der Waals surface area contributed by atoms with Crippen molar-refractivity contribution in [2.75, 3.05) is 4.90 Å². The molecule has 0 amide bonds. The number of fused-ring (bicyclic) bond motifs is 14. The van der Waals surface area contributed by atoms with Gasteiger partial charge in [-0.2, -0.15) is 0 Å². The number of para-hydroxylation sites is 1. The van der Waals surface area contributed by atoms with Gasteiger partial charge >= 0.3 is 0 Å². The molecule has 2 nitrogen and oxygen atoms in total. The number of rotatable bonds is 7. The highest BCUT2D eigenvalue weighted by Gasteiger charge is 2.42. The van der Waals surface area contributed by atoms with Gasteiger partial charge in [0.15, 0.2) is 0 Å². The van der Waals surface area contributed by atoms with Crippen LogP contribution in [0.1, 0.15) is 67.5 Å². The summed E-state index contributed by atoms with van der Waals surface area (Å²) in [5.74, 6) is 0. The molecule has 0 saturated carbocycles. The molecule has 18 rings (SSSR count). The number of hydrogen-bond acceptors (Lipinski definition) is 1. The molecule has 88 heavy (non-hydrogen) atoms. The maximum absolute atomic E-state index is 2.64. The highest BCUT2D eigenvalue weighted by molar-refractivity contribution is 6.12. The van der Waals surface area contributed by atoms with Gasteiger partial charge in [-0.1, -0.05) is 216 Å². The third kappa shape index (κ3) is 7.68.